The zero-order valence-electron chi connectivity index (χ0n) is 19.7. The van der Waals surface area contributed by atoms with Crippen LogP contribution in [0.1, 0.15) is 67.2 Å². The minimum atomic E-state index is -0.766. The van der Waals surface area contributed by atoms with Crippen molar-refractivity contribution in [3.63, 3.8) is 0 Å². The van der Waals surface area contributed by atoms with Gasteiger partial charge in [0, 0.05) is 25.7 Å². The summed E-state index contributed by atoms with van der Waals surface area (Å²) >= 11 is 0. The van der Waals surface area contributed by atoms with Gasteiger partial charge in [-0.1, -0.05) is 20.8 Å². The maximum Gasteiger partial charge on any atom is 0.325 e. The molecular weight excluding hydrogens is 495 g/mol. The van der Waals surface area contributed by atoms with Crippen molar-refractivity contribution in [2.45, 2.75) is 78.8 Å². The third-order valence-corrected chi connectivity index (χ3v) is 5.60. The molecular formula is C21H43IN6O2. The maximum absolute atomic E-state index is 12.4. The van der Waals surface area contributed by atoms with Crippen LogP contribution in [0.3, 0.4) is 0 Å². The normalized spacial score (nSPS) is 20.2. The van der Waals surface area contributed by atoms with Crippen LogP contribution in [0.4, 0.5) is 4.79 Å². The number of nitrogens with zero attached hydrogens (tertiary/aromatic N) is 3. The summed E-state index contributed by atoms with van der Waals surface area (Å²) in [6.07, 6.45) is 3.47. The standard InChI is InChI=1S/C21H42N6O2.HI/c1-7-21(6)18(28)27(20(29)25-21)16-12-14-23-19(22-8-2)24-17(5)13-11-15-26(9-3)10-4;/h17H,7-16H2,1-6H3,(H,25,29)(H2,22,23,24);1H. The zero-order chi connectivity index (χ0) is 21.9. The molecule has 1 fully saturated rings. The van der Waals surface area contributed by atoms with Crippen LogP contribution in [-0.4, -0.2) is 78.5 Å². The van der Waals surface area contributed by atoms with Gasteiger partial charge in [0.15, 0.2) is 5.96 Å². The van der Waals surface area contributed by atoms with Crippen molar-refractivity contribution in [3.05, 3.63) is 0 Å². The molecule has 30 heavy (non-hydrogen) atoms. The fourth-order valence-electron chi connectivity index (χ4n) is 3.40. The average molecular weight is 539 g/mol. The molecule has 2 atom stereocenters. The van der Waals surface area contributed by atoms with E-state index < -0.39 is 5.54 Å². The number of nitrogens with one attached hydrogen (secondary N) is 3. The first-order valence-electron chi connectivity index (χ1n) is 11.2. The van der Waals surface area contributed by atoms with Crippen LogP contribution in [0.25, 0.3) is 0 Å². The van der Waals surface area contributed by atoms with Crippen LogP contribution in [0.5, 0.6) is 0 Å². The van der Waals surface area contributed by atoms with Crippen LogP contribution in [0, 0.1) is 0 Å². The molecule has 0 spiro atoms. The van der Waals surface area contributed by atoms with E-state index in [2.05, 4.69) is 46.6 Å². The van der Waals surface area contributed by atoms with E-state index in [9.17, 15) is 9.59 Å². The van der Waals surface area contributed by atoms with Gasteiger partial charge in [0.25, 0.3) is 5.91 Å². The topological polar surface area (TPSA) is 89.1 Å². The molecule has 0 aromatic rings. The molecule has 1 heterocycles. The summed E-state index contributed by atoms with van der Waals surface area (Å²) in [5.41, 5.74) is -0.766. The van der Waals surface area contributed by atoms with Crippen LogP contribution >= 0.6 is 24.0 Å². The molecule has 8 nitrogen and oxygen atoms in total. The minimum Gasteiger partial charge on any atom is -0.357 e. The van der Waals surface area contributed by atoms with Gasteiger partial charge in [-0.2, -0.15) is 0 Å². The van der Waals surface area contributed by atoms with Crippen LogP contribution in [-0.2, 0) is 4.79 Å². The highest BCUT2D eigenvalue weighted by molar-refractivity contribution is 14.0. The number of rotatable bonds is 13. The monoisotopic (exact) mass is 538 g/mol. The van der Waals surface area contributed by atoms with Gasteiger partial charge in [-0.05, 0) is 66.1 Å². The van der Waals surface area contributed by atoms with Gasteiger partial charge in [-0.3, -0.25) is 14.7 Å². The lowest BCUT2D eigenvalue weighted by Gasteiger charge is -2.21. The number of carbonyl (C=O) groups is 2. The first kappa shape index (κ1) is 28.9. The van der Waals surface area contributed by atoms with Gasteiger partial charge >= 0.3 is 6.03 Å². The van der Waals surface area contributed by atoms with E-state index >= 15 is 0 Å². The van der Waals surface area contributed by atoms with Crippen molar-refractivity contribution in [2.75, 3.05) is 39.3 Å². The second-order valence-electron chi connectivity index (χ2n) is 7.90. The number of hydrogen-bond acceptors (Lipinski definition) is 4. The Morgan fingerprint density at radius 3 is 2.40 bits per heavy atom. The summed E-state index contributed by atoms with van der Waals surface area (Å²) in [5, 5.41) is 9.51. The summed E-state index contributed by atoms with van der Waals surface area (Å²) in [6.45, 7) is 17.3. The smallest absolute Gasteiger partial charge is 0.325 e. The molecule has 9 heteroatoms. The van der Waals surface area contributed by atoms with Crippen LogP contribution in [0.2, 0.25) is 0 Å². The summed E-state index contributed by atoms with van der Waals surface area (Å²) in [5.74, 6) is 0.652. The van der Waals surface area contributed by atoms with Gasteiger partial charge in [-0.15, -0.1) is 24.0 Å². The maximum atomic E-state index is 12.4. The van der Waals surface area contributed by atoms with E-state index in [0.29, 0.717) is 32.0 Å². The molecule has 0 aromatic heterocycles. The number of imide groups is 1. The van der Waals surface area contributed by atoms with Gasteiger partial charge in [0.1, 0.15) is 5.54 Å². The van der Waals surface area contributed by atoms with Gasteiger partial charge in [0.2, 0.25) is 0 Å². The number of amides is 3. The highest BCUT2D eigenvalue weighted by Gasteiger charge is 2.45. The van der Waals surface area contributed by atoms with Crippen molar-refractivity contribution in [2.24, 2.45) is 4.99 Å². The summed E-state index contributed by atoms with van der Waals surface area (Å²) in [4.78, 5) is 32.8. The van der Waals surface area contributed by atoms with E-state index in [-0.39, 0.29) is 35.9 Å². The number of aliphatic imine (C=N–C) groups is 1. The molecule has 0 aromatic carbocycles. The Bertz CT molecular complexity index is 556. The van der Waals surface area contributed by atoms with E-state index in [1.165, 1.54) is 4.90 Å². The average Bonchev–Trinajstić information content (AvgIpc) is 2.91. The molecule has 2 unspecified atom stereocenters. The molecule has 0 saturated carbocycles. The summed E-state index contributed by atoms with van der Waals surface area (Å²) in [7, 11) is 0. The Morgan fingerprint density at radius 2 is 1.87 bits per heavy atom. The number of carbonyl (C=O) groups excluding carboxylic acids is 2. The molecule has 1 aliphatic heterocycles. The summed E-state index contributed by atoms with van der Waals surface area (Å²) < 4.78 is 0. The molecule has 1 saturated heterocycles. The van der Waals surface area contributed by atoms with E-state index in [1.54, 1.807) is 6.92 Å². The van der Waals surface area contributed by atoms with E-state index in [1.807, 2.05) is 13.8 Å². The largest absolute Gasteiger partial charge is 0.357 e. The minimum absolute atomic E-state index is 0. The van der Waals surface area contributed by atoms with Gasteiger partial charge in [0.05, 0.1) is 0 Å². The highest BCUT2D eigenvalue weighted by Crippen LogP contribution is 2.20. The van der Waals surface area contributed by atoms with Crippen molar-refractivity contribution >= 4 is 41.9 Å². The van der Waals surface area contributed by atoms with Crippen LogP contribution < -0.4 is 16.0 Å². The Morgan fingerprint density at radius 1 is 1.20 bits per heavy atom. The Balaban J connectivity index is 0.00000841. The third-order valence-electron chi connectivity index (χ3n) is 5.60. The van der Waals surface area contributed by atoms with Crippen molar-refractivity contribution < 1.29 is 9.59 Å². The number of hydrogen-bond donors (Lipinski definition) is 3. The Hall–Kier alpha value is -1.10. The van der Waals surface area contributed by atoms with Gasteiger partial charge in [-0.25, -0.2) is 4.79 Å². The Kier molecular flexibility index (Phi) is 14.3. The van der Waals surface area contributed by atoms with Crippen molar-refractivity contribution in [1.29, 1.82) is 0 Å². The first-order valence-corrected chi connectivity index (χ1v) is 11.2. The predicted molar refractivity (Wildman–Crippen MR) is 135 cm³/mol. The lowest BCUT2D eigenvalue weighted by Crippen LogP contribution is -2.43. The van der Waals surface area contributed by atoms with Gasteiger partial charge < -0.3 is 20.9 Å². The van der Waals surface area contributed by atoms with Crippen molar-refractivity contribution in [1.82, 2.24) is 25.8 Å². The molecule has 3 N–H and O–H groups in total. The summed E-state index contributed by atoms with van der Waals surface area (Å²) in [6, 6.07) is 0.0368. The second kappa shape index (κ2) is 14.8. The molecule has 0 aliphatic carbocycles. The second-order valence-corrected chi connectivity index (χ2v) is 7.90. The fourth-order valence-corrected chi connectivity index (χ4v) is 3.40. The van der Waals surface area contributed by atoms with E-state index in [4.69, 9.17) is 0 Å². The lowest BCUT2D eigenvalue weighted by molar-refractivity contribution is -0.130. The number of halogens is 1. The molecule has 1 rings (SSSR count). The lowest BCUT2D eigenvalue weighted by atomic mass is 9.99. The van der Waals surface area contributed by atoms with Crippen LogP contribution in [0.15, 0.2) is 4.99 Å². The SMILES string of the molecule is CCNC(=NCCCN1C(=O)NC(C)(CC)C1=O)NC(C)CCCN(CC)CC.I. The molecule has 3 amide bonds. The number of urea groups is 1. The highest BCUT2D eigenvalue weighted by atomic mass is 127. The quantitative estimate of drug-likeness (QED) is 0.110. The molecule has 0 bridgehead atoms. The van der Waals surface area contributed by atoms with Crippen molar-refractivity contribution in [3.8, 4) is 0 Å². The molecule has 1 aliphatic rings. The third kappa shape index (κ3) is 8.95. The first-order chi connectivity index (χ1) is 13.8. The molecule has 0 radical (unpaired) electrons. The molecule has 176 valence electrons. The zero-order valence-corrected chi connectivity index (χ0v) is 22.0. The fraction of sp³-hybridized carbons (Fsp3) is 0.857. The van der Waals surface area contributed by atoms with E-state index in [0.717, 1.165) is 45.0 Å². The number of guanidine groups is 1. The Labute approximate surface area is 200 Å². The predicted octanol–water partition coefficient (Wildman–Crippen LogP) is 2.78.